The van der Waals surface area contributed by atoms with Gasteiger partial charge in [0.1, 0.15) is 0 Å². The molecule has 23 heavy (non-hydrogen) atoms. The van der Waals surface area contributed by atoms with Gasteiger partial charge in [-0.05, 0) is 45.1 Å². The molecule has 5 nitrogen and oxygen atoms in total. The fourth-order valence-electron chi connectivity index (χ4n) is 2.39. The Morgan fingerprint density at radius 1 is 1.00 bits per heavy atom. The zero-order chi connectivity index (χ0) is 17.8. The molecule has 0 rings (SSSR count). The van der Waals surface area contributed by atoms with Gasteiger partial charge in [0, 0.05) is 13.7 Å². The molecule has 1 N–H and O–H groups in total. The number of unbranched alkanes of at least 4 members (excludes halogenated alkanes) is 4. The maximum absolute atomic E-state index is 11.6. The summed E-state index contributed by atoms with van der Waals surface area (Å²) >= 11 is 0. The summed E-state index contributed by atoms with van der Waals surface area (Å²) in [4.78, 5) is 11.6. The van der Waals surface area contributed by atoms with E-state index in [-0.39, 0.29) is 6.09 Å². The average molecular weight is 364 g/mol. The predicted molar refractivity (Wildman–Crippen MR) is 101 cm³/mol. The molecule has 0 spiro atoms. The van der Waals surface area contributed by atoms with Crippen molar-refractivity contribution in [2.45, 2.75) is 77.7 Å². The molecule has 0 aromatic rings. The van der Waals surface area contributed by atoms with Crippen LogP contribution in [0.15, 0.2) is 0 Å². The molecule has 0 atom stereocenters. The highest BCUT2D eigenvalue weighted by molar-refractivity contribution is 6.82. The number of hydrogen-bond donors (Lipinski definition) is 1. The second kappa shape index (κ2) is 12.1. The molecule has 1 amide bonds. The van der Waals surface area contributed by atoms with Crippen molar-refractivity contribution in [3.8, 4) is 0 Å². The first kappa shape index (κ1) is 22.6. The second-order valence-electron chi connectivity index (χ2n) is 7.05. The lowest BCUT2D eigenvalue weighted by Gasteiger charge is -2.32. The van der Waals surface area contributed by atoms with Crippen LogP contribution < -0.4 is 5.32 Å². The van der Waals surface area contributed by atoms with E-state index >= 15 is 0 Å². The van der Waals surface area contributed by atoms with Crippen LogP contribution in [0.5, 0.6) is 0 Å². The van der Waals surface area contributed by atoms with Crippen molar-refractivity contribution in [2.24, 2.45) is 0 Å². The van der Waals surface area contributed by atoms with Crippen molar-refractivity contribution in [2.75, 3.05) is 20.3 Å². The highest BCUT2D eigenvalue weighted by Gasteiger charge is 2.33. The third-order valence-electron chi connectivity index (χ3n) is 3.72. The van der Waals surface area contributed by atoms with E-state index in [4.69, 9.17) is 13.3 Å². The number of ether oxygens (including phenoxy) is 1. The fourth-order valence-corrected chi connectivity index (χ4v) is 9.45. The van der Waals surface area contributed by atoms with Crippen LogP contribution in [0.3, 0.4) is 0 Å². The molecule has 0 aliphatic heterocycles. The summed E-state index contributed by atoms with van der Waals surface area (Å²) in [6.07, 6.45) is 6.50. The molecular formula is C16H37NO4Si2. The summed E-state index contributed by atoms with van der Waals surface area (Å²) in [6.45, 7) is 11.9. The number of hydrogen-bond acceptors (Lipinski definition) is 4. The molecule has 0 heterocycles. The Morgan fingerprint density at radius 2 is 1.65 bits per heavy atom. The van der Waals surface area contributed by atoms with E-state index in [0.717, 1.165) is 18.9 Å². The maximum Gasteiger partial charge on any atom is 0.407 e. The zero-order valence-electron chi connectivity index (χ0n) is 16.0. The van der Waals surface area contributed by atoms with Crippen LogP contribution in [0.25, 0.3) is 0 Å². The molecule has 0 aliphatic rings. The standard InChI is InChI=1S/C16H37NO4Si2/c1-7-8-9-10-11-13-17-16(18)20-14-12-15-22(3,4)21-23(5,6)19-2/h7-15H2,1-6H3,(H,17,18). The summed E-state index contributed by atoms with van der Waals surface area (Å²) in [5.41, 5.74) is 0. The molecule has 138 valence electrons. The molecule has 7 heteroatoms. The lowest BCUT2D eigenvalue weighted by molar-refractivity contribution is 0.145. The van der Waals surface area contributed by atoms with Crippen molar-refractivity contribution < 1.29 is 18.1 Å². The Bertz CT molecular complexity index is 325. The number of carbonyl (C=O) groups is 1. The average Bonchev–Trinajstić information content (AvgIpc) is 2.46. The summed E-state index contributed by atoms with van der Waals surface area (Å²) in [5, 5.41) is 2.81. The van der Waals surface area contributed by atoms with E-state index < -0.39 is 16.9 Å². The maximum atomic E-state index is 11.6. The minimum atomic E-state index is -1.98. The van der Waals surface area contributed by atoms with Gasteiger partial charge in [-0.3, -0.25) is 0 Å². The first-order chi connectivity index (χ1) is 10.7. The van der Waals surface area contributed by atoms with Gasteiger partial charge in [0.25, 0.3) is 0 Å². The van der Waals surface area contributed by atoms with E-state index in [1.807, 2.05) is 0 Å². The minimum absolute atomic E-state index is 0.299. The Hall–Kier alpha value is -0.376. The molecule has 0 aromatic carbocycles. The SMILES string of the molecule is CCCCCCCNC(=O)OCCC[Si](C)(C)O[Si](C)(C)OC. The van der Waals surface area contributed by atoms with Crippen molar-refractivity contribution >= 4 is 23.0 Å². The molecule has 0 aromatic heterocycles. The Balaban J connectivity index is 3.68. The van der Waals surface area contributed by atoms with Gasteiger partial charge in [0.05, 0.1) is 6.61 Å². The van der Waals surface area contributed by atoms with Crippen LogP contribution in [0, 0.1) is 0 Å². The van der Waals surface area contributed by atoms with Crippen LogP contribution in [-0.2, 0) is 13.3 Å². The van der Waals surface area contributed by atoms with Gasteiger partial charge in [0.2, 0.25) is 0 Å². The summed E-state index contributed by atoms with van der Waals surface area (Å²) in [6, 6.07) is 0.969. The predicted octanol–water partition coefficient (Wildman–Crippen LogP) is 4.64. The van der Waals surface area contributed by atoms with E-state index in [9.17, 15) is 4.79 Å². The van der Waals surface area contributed by atoms with Gasteiger partial charge < -0.3 is 18.6 Å². The molecule has 0 radical (unpaired) electrons. The van der Waals surface area contributed by atoms with Crippen molar-refractivity contribution in [3.05, 3.63) is 0 Å². The first-order valence-corrected chi connectivity index (χ1v) is 14.8. The quantitative estimate of drug-likeness (QED) is 0.382. The molecule has 0 bridgehead atoms. The number of nitrogens with one attached hydrogen (secondary N) is 1. The number of rotatable bonds is 13. The van der Waals surface area contributed by atoms with Crippen molar-refractivity contribution in [3.63, 3.8) is 0 Å². The summed E-state index contributed by atoms with van der Waals surface area (Å²) in [7, 11) is -2.02. The molecular weight excluding hydrogens is 326 g/mol. The number of carbonyl (C=O) groups excluding carboxylic acids is 1. The lowest BCUT2D eigenvalue weighted by atomic mass is 10.1. The Morgan fingerprint density at radius 3 is 2.26 bits per heavy atom. The molecule has 0 saturated carbocycles. The number of alkyl carbamates (subject to hydrolysis) is 1. The monoisotopic (exact) mass is 363 g/mol. The third kappa shape index (κ3) is 13.7. The Kier molecular flexibility index (Phi) is 11.9. The zero-order valence-corrected chi connectivity index (χ0v) is 18.0. The van der Waals surface area contributed by atoms with Gasteiger partial charge in [-0.25, -0.2) is 4.79 Å². The summed E-state index contributed by atoms with van der Waals surface area (Å²) < 4.78 is 16.9. The summed E-state index contributed by atoms with van der Waals surface area (Å²) in [5.74, 6) is 0. The van der Waals surface area contributed by atoms with Crippen molar-refractivity contribution in [1.82, 2.24) is 5.32 Å². The second-order valence-corrected chi connectivity index (χ2v) is 15.1. The highest BCUT2D eigenvalue weighted by Crippen LogP contribution is 2.20. The third-order valence-corrected chi connectivity index (χ3v) is 10.4. The highest BCUT2D eigenvalue weighted by atomic mass is 28.4. The molecule has 0 saturated heterocycles. The molecule has 0 aliphatic carbocycles. The largest absolute Gasteiger partial charge is 0.450 e. The van der Waals surface area contributed by atoms with Crippen LogP contribution in [-0.4, -0.2) is 43.2 Å². The fraction of sp³-hybridized carbons (Fsp3) is 0.938. The molecule has 0 unspecified atom stereocenters. The van der Waals surface area contributed by atoms with E-state index in [0.29, 0.717) is 13.2 Å². The van der Waals surface area contributed by atoms with Gasteiger partial charge in [0.15, 0.2) is 8.32 Å². The van der Waals surface area contributed by atoms with E-state index in [1.165, 1.54) is 25.7 Å². The van der Waals surface area contributed by atoms with Crippen LogP contribution in [0.2, 0.25) is 32.2 Å². The number of amides is 1. The van der Waals surface area contributed by atoms with E-state index in [2.05, 4.69) is 38.4 Å². The minimum Gasteiger partial charge on any atom is -0.450 e. The lowest BCUT2D eigenvalue weighted by Crippen LogP contribution is -2.45. The molecule has 0 fully saturated rings. The van der Waals surface area contributed by atoms with Gasteiger partial charge >= 0.3 is 14.7 Å². The van der Waals surface area contributed by atoms with Gasteiger partial charge in [-0.15, -0.1) is 0 Å². The van der Waals surface area contributed by atoms with Crippen molar-refractivity contribution in [1.29, 1.82) is 0 Å². The normalized spacial score (nSPS) is 12.3. The Labute approximate surface area is 144 Å². The van der Waals surface area contributed by atoms with E-state index in [1.54, 1.807) is 7.11 Å². The smallest absolute Gasteiger partial charge is 0.407 e. The first-order valence-electron chi connectivity index (χ1n) is 8.88. The van der Waals surface area contributed by atoms with Crippen LogP contribution in [0.4, 0.5) is 4.79 Å². The van der Waals surface area contributed by atoms with Crippen LogP contribution >= 0.6 is 0 Å². The van der Waals surface area contributed by atoms with Gasteiger partial charge in [-0.2, -0.15) is 0 Å². The van der Waals surface area contributed by atoms with Gasteiger partial charge in [-0.1, -0.05) is 32.6 Å². The van der Waals surface area contributed by atoms with Crippen LogP contribution in [0.1, 0.15) is 45.4 Å². The topological polar surface area (TPSA) is 56.8 Å².